The topological polar surface area (TPSA) is 77.4 Å². The fourth-order valence-electron chi connectivity index (χ4n) is 1.45. The van der Waals surface area contributed by atoms with E-state index in [1.165, 1.54) is 0 Å². The number of aromatic nitrogens is 2. The van der Waals surface area contributed by atoms with Gasteiger partial charge in [0.25, 0.3) is 0 Å². The van der Waals surface area contributed by atoms with Gasteiger partial charge in [0.1, 0.15) is 5.82 Å². The second-order valence-corrected chi connectivity index (χ2v) is 3.43. The first kappa shape index (κ1) is 12.8. The average molecular weight is 229 g/mol. The van der Waals surface area contributed by atoms with E-state index in [0.29, 0.717) is 5.82 Å². The van der Waals surface area contributed by atoms with Gasteiger partial charge in [0, 0.05) is 4.91 Å². The van der Waals surface area contributed by atoms with Crippen LogP contribution in [0, 0.1) is 0 Å². The quantitative estimate of drug-likeness (QED) is 0.480. The molecule has 1 aromatic carbocycles. The molecule has 88 valence electrons. The first-order valence-electron chi connectivity index (χ1n) is 4.96. The fourth-order valence-corrected chi connectivity index (χ4v) is 1.45. The second-order valence-electron chi connectivity index (χ2n) is 3.43. The summed E-state index contributed by atoms with van der Waals surface area (Å²) in [7, 11) is 0. The molecule has 5 heteroatoms. The summed E-state index contributed by atoms with van der Waals surface area (Å²) in [4.78, 5) is 10.1. The van der Waals surface area contributed by atoms with Gasteiger partial charge in [-0.3, -0.25) is 0 Å². The number of rotatable bonds is 3. The Morgan fingerprint density at radius 1 is 1.35 bits per heavy atom. The lowest BCUT2D eigenvalue weighted by Crippen LogP contribution is -1.90. The molecule has 0 aliphatic heterocycles. The van der Waals surface area contributed by atoms with Crippen LogP contribution in [0.25, 0.3) is 21.7 Å². The standard InChI is InChI=1S/C11H11N5.CH4/c1-8(15-16-12)11-13-7-10(14-11)9-5-3-2-4-6-9;/h2-8H,1H3,(H,13,14);1H4/t8-;/m0./s1. The Morgan fingerprint density at radius 2 is 2.06 bits per heavy atom. The normalized spacial score (nSPS) is 11.1. The summed E-state index contributed by atoms with van der Waals surface area (Å²) in [6.07, 6.45) is 1.74. The van der Waals surface area contributed by atoms with Gasteiger partial charge in [-0.1, -0.05) is 42.9 Å². The summed E-state index contributed by atoms with van der Waals surface area (Å²) in [5.74, 6) is 0.677. The summed E-state index contributed by atoms with van der Waals surface area (Å²) in [5, 5.41) is 3.59. The van der Waals surface area contributed by atoms with Crippen molar-refractivity contribution in [3.63, 3.8) is 0 Å². The number of aromatic amines is 1. The van der Waals surface area contributed by atoms with Gasteiger partial charge in [0.2, 0.25) is 0 Å². The Balaban J connectivity index is 0.00000144. The zero-order valence-corrected chi connectivity index (χ0v) is 8.83. The maximum atomic E-state index is 8.34. The molecule has 2 aromatic rings. The maximum Gasteiger partial charge on any atom is 0.115 e. The number of nitrogens with zero attached hydrogens (tertiary/aromatic N) is 4. The van der Waals surface area contributed by atoms with Crippen LogP contribution in [0.15, 0.2) is 41.6 Å². The molecule has 1 atom stereocenters. The van der Waals surface area contributed by atoms with Crippen LogP contribution in [0.5, 0.6) is 0 Å². The predicted molar refractivity (Wildman–Crippen MR) is 68.3 cm³/mol. The number of H-pyrrole nitrogens is 1. The van der Waals surface area contributed by atoms with Gasteiger partial charge in [0.05, 0.1) is 17.9 Å². The summed E-state index contributed by atoms with van der Waals surface area (Å²) < 4.78 is 0. The average Bonchev–Trinajstić information content (AvgIpc) is 2.80. The highest BCUT2D eigenvalue weighted by Crippen LogP contribution is 2.20. The van der Waals surface area contributed by atoms with Crippen LogP contribution in [0.2, 0.25) is 0 Å². The molecule has 0 aliphatic carbocycles. The van der Waals surface area contributed by atoms with Gasteiger partial charge in [-0.15, -0.1) is 0 Å². The number of imidazole rings is 1. The lowest BCUT2D eigenvalue weighted by molar-refractivity contribution is 0.749. The molecule has 0 saturated carbocycles. The molecule has 5 nitrogen and oxygen atoms in total. The van der Waals surface area contributed by atoms with E-state index in [9.17, 15) is 0 Å². The van der Waals surface area contributed by atoms with E-state index in [1.807, 2.05) is 30.3 Å². The van der Waals surface area contributed by atoms with Crippen LogP contribution in [-0.4, -0.2) is 9.97 Å². The van der Waals surface area contributed by atoms with Crippen LogP contribution in [0.3, 0.4) is 0 Å². The van der Waals surface area contributed by atoms with Gasteiger partial charge in [-0.2, -0.15) is 0 Å². The Kier molecular flexibility index (Phi) is 4.31. The van der Waals surface area contributed by atoms with Crippen molar-refractivity contribution in [2.75, 3.05) is 0 Å². The molecule has 1 N–H and O–H groups in total. The molecule has 0 spiro atoms. The van der Waals surface area contributed by atoms with Crippen molar-refractivity contribution in [3.05, 3.63) is 52.8 Å². The van der Waals surface area contributed by atoms with E-state index < -0.39 is 0 Å². The zero-order valence-electron chi connectivity index (χ0n) is 8.83. The molecule has 0 unspecified atom stereocenters. The molecular weight excluding hydrogens is 214 g/mol. The zero-order chi connectivity index (χ0) is 11.4. The summed E-state index contributed by atoms with van der Waals surface area (Å²) >= 11 is 0. The lowest BCUT2D eigenvalue weighted by atomic mass is 10.2. The van der Waals surface area contributed by atoms with Gasteiger partial charge in [-0.25, -0.2) is 4.98 Å². The van der Waals surface area contributed by atoms with Gasteiger partial charge >= 0.3 is 0 Å². The van der Waals surface area contributed by atoms with Crippen molar-refractivity contribution < 1.29 is 0 Å². The molecule has 17 heavy (non-hydrogen) atoms. The van der Waals surface area contributed by atoms with Crippen molar-refractivity contribution in [1.29, 1.82) is 0 Å². The second kappa shape index (κ2) is 5.72. The van der Waals surface area contributed by atoms with Gasteiger partial charge in [-0.05, 0) is 18.0 Å². The first-order chi connectivity index (χ1) is 7.81. The summed E-state index contributed by atoms with van der Waals surface area (Å²) in [6.45, 7) is 1.80. The number of hydrogen-bond acceptors (Lipinski definition) is 2. The fraction of sp³-hybridized carbons (Fsp3) is 0.250. The largest absolute Gasteiger partial charge is 0.342 e. The highest BCUT2D eigenvalue weighted by atomic mass is 15.2. The summed E-state index contributed by atoms with van der Waals surface area (Å²) in [6, 6.07) is 9.61. The number of hydrogen-bond donors (Lipinski definition) is 1. The van der Waals surface area contributed by atoms with E-state index >= 15 is 0 Å². The minimum absolute atomic E-state index is 0. The Hall–Kier alpha value is -2.26. The highest BCUT2D eigenvalue weighted by Gasteiger charge is 2.08. The molecule has 1 heterocycles. The molecule has 0 radical (unpaired) electrons. The Bertz CT molecular complexity index is 511. The molecule has 0 aliphatic rings. The molecular formula is C12H15N5. The predicted octanol–water partition coefficient (Wildman–Crippen LogP) is 4.08. The lowest BCUT2D eigenvalue weighted by Gasteiger charge is -1.99. The van der Waals surface area contributed by atoms with Gasteiger partial charge < -0.3 is 4.98 Å². The number of nitrogens with one attached hydrogen (secondary N) is 1. The van der Waals surface area contributed by atoms with Crippen molar-refractivity contribution in [1.82, 2.24) is 9.97 Å². The monoisotopic (exact) mass is 229 g/mol. The van der Waals surface area contributed by atoms with E-state index in [4.69, 9.17) is 5.53 Å². The van der Waals surface area contributed by atoms with E-state index in [-0.39, 0.29) is 13.5 Å². The SMILES string of the molecule is C.C[C@H](N=[N+]=[N-])c1ncc(-c2ccccc2)[nH]1. The van der Waals surface area contributed by atoms with Crippen LogP contribution >= 0.6 is 0 Å². The van der Waals surface area contributed by atoms with E-state index in [1.54, 1.807) is 13.1 Å². The molecule has 1 aromatic heterocycles. The van der Waals surface area contributed by atoms with Crippen molar-refractivity contribution >= 4 is 0 Å². The van der Waals surface area contributed by atoms with Crippen molar-refractivity contribution in [3.8, 4) is 11.3 Å². The van der Waals surface area contributed by atoms with Crippen LogP contribution in [-0.2, 0) is 0 Å². The third kappa shape index (κ3) is 2.86. The van der Waals surface area contributed by atoms with E-state index in [0.717, 1.165) is 11.3 Å². The minimum atomic E-state index is -0.275. The van der Waals surface area contributed by atoms with Crippen molar-refractivity contribution in [2.45, 2.75) is 20.4 Å². The maximum absolute atomic E-state index is 8.34. The highest BCUT2D eigenvalue weighted by molar-refractivity contribution is 5.58. The smallest absolute Gasteiger partial charge is 0.115 e. The molecule has 0 bridgehead atoms. The third-order valence-electron chi connectivity index (χ3n) is 2.30. The Morgan fingerprint density at radius 3 is 2.71 bits per heavy atom. The molecule has 0 amide bonds. The Labute approximate surface area is 100 Å². The van der Waals surface area contributed by atoms with Crippen molar-refractivity contribution in [2.24, 2.45) is 5.11 Å². The van der Waals surface area contributed by atoms with Gasteiger partial charge in [0.15, 0.2) is 0 Å². The van der Waals surface area contributed by atoms with Crippen LogP contribution < -0.4 is 0 Å². The van der Waals surface area contributed by atoms with Crippen LogP contribution in [0.4, 0.5) is 0 Å². The molecule has 0 saturated heterocycles. The number of benzene rings is 1. The molecule has 2 rings (SSSR count). The minimum Gasteiger partial charge on any atom is -0.342 e. The number of azide groups is 1. The summed E-state index contributed by atoms with van der Waals surface area (Å²) in [5.41, 5.74) is 10.3. The van der Waals surface area contributed by atoms with E-state index in [2.05, 4.69) is 20.0 Å². The van der Waals surface area contributed by atoms with Crippen LogP contribution in [0.1, 0.15) is 26.2 Å². The first-order valence-corrected chi connectivity index (χ1v) is 4.96. The molecule has 0 fully saturated rings. The third-order valence-corrected chi connectivity index (χ3v) is 2.30.